The Hall–Kier alpha value is -0.690. The van der Waals surface area contributed by atoms with Crippen molar-refractivity contribution in [3.63, 3.8) is 0 Å². The average molecular weight is 280 g/mol. The zero-order valence-electron chi connectivity index (χ0n) is 12.5. The molecular formula is C13H28O6. The van der Waals surface area contributed by atoms with E-state index in [4.69, 9.17) is 24.8 Å². The van der Waals surface area contributed by atoms with Gasteiger partial charge in [0.15, 0.2) is 0 Å². The van der Waals surface area contributed by atoms with E-state index in [0.717, 1.165) is 0 Å². The van der Waals surface area contributed by atoms with Crippen molar-refractivity contribution in [1.29, 1.82) is 0 Å². The van der Waals surface area contributed by atoms with Crippen LogP contribution in [0.1, 0.15) is 34.6 Å². The van der Waals surface area contributed by atoms with Crippen molar-refractivity contribution in [2.75, 3.05) is 19.8 Å². The molecule has 3 unspecified atom stereocenters. The van der Waals surface area contributed by atoms with Crippen molar-refractivity contribution in [1.82, 2.24) is 0 Å². The van der Waals surface area contributed by atoms with Crippen molar-refractivity contribution < 1.29 is 29.6 Å². The molecule has 0 aromatic heterocycles. The second-order valence-electron chi connectivity index (χ2n) is 4.81. The smallest absolute Gasteiger partial charge is 0.305 e. The summed E-state index contributed by atoms with van der Waals surface area (Å²) in [7, 11) is 0. The van der Waals surface area contributed by atoms with E-state index < -0.39 is 12.1 Å². The molecule has 0 aliphatic carbocycles. The maximum absolute atomic E-state index is 9.70. The first kappa shape index (κ1) is 20.6. The molecule has 0 saturated carbocycles. The number of ether oxygens (including phenoxy) is 2. The first-order valence-corrected chi connectivity index (χ1v) is 6.45. The molecule has 3 N–H and O–H groups in total. The predicted molar refractivity (Wildman–Crippen MR) is 72.1 cm³/mol. The third-order valence-electron chi connectivity index (χ3n) is 1.99. The van der Waals surface area contributed by atoms with Gasteiger partial charge in [0.05, 0.1) is 44.1 Å². The fraction of sp³-hybridized carbons (Fsp3) is 0.923. The fourth-order valence-electron chi connectivity index (χ4n) is 0.704. The van der Waals surface area contributed by atoms with Crippen LogP contribution in [0.3, 0.4) is 0 Å². The van der Waals surface area contributed by atoms with E-state index in [1.54, 1.807) is 27.7 Å². The predicted octanol–water partition coefficient (Wildman–Crippen LogP) is 0.897. The van der Waals surface area contributed by atoms with Gasteiger partial charge >= 0.3 is 5.97 Å². The van der Waals surface area contributed by atoms with Crippen molar-refractivity contribution in [3.8, 4) is 0 Å². The zero-order chi connectivity index (χ0) is 15.4. The average Bonchev–Trinajstić information content (AvgIpc) is 2.33. The molecule has 6 nitrogen and oxygen atoms in total. The van der Waals surface area contributed by atoms with E-state index in [9.17, 15) is 4.79 Å². The maximum atomic E-state index is 9.70. The SMILES string of the molecule is CC(C)C(=O)O.CC(O)COC(C)COC(C)CO. The van der Waals surface area contributed by atoms with Gasteiger partial charge in [-0.2, -0.15) is 0 Å². The molecule has 0 saturated heterocycles. The molecule has 0 rings (SSSR count). The largest absolute Gasteiger partial charge is 0.481 e. The quantitative estimate of drug-likeness (QED) is 0.611. The number of hydrogen-bond donors (Lipinski definition) is 3. The summed E-state index contributed by atoms with van der Waals surface area (Å²) in [6.07, 6.45) is -0.654. The van der Waals surface area contributed by atoms with E-state index in [1.807, 2.05) is 6.92 Å². The second kappa shape index (κ2) is 12.3. The number of aliphatic hydroxyl groups is 2. The van der Waals surface area contributed by atoms with Crippen LogP contribution in [0, 0.1) is 5.92 Å². The summed E-state index contributed by atoms with van der Waals surface area (Å²) in [5, 5.41) is 25.6. The third-order valence-corrected chi connectivity index (χ3v) is 1.99. The summed E-state index contributed by atoms with van der Waals surface area (Å²) in [6, 6.07) is 0. The van der Waals surface area contributed by atoms with Crippen LogP contribution in [0.2, 0.25) is 0 Å². The van der Waals surface area contributed by atoms with Crippen LogP contribution in [-0.2, 0) is 14.3 Å². The summed E-state index contributed by atoms with van der Waals surface area (Å²) < 4.78 is 10.5. The molecule has 0 radical (unpaired) electrons. The van der Waals surface area contributed by atoms with Gasteiger partial charge in [0.2, 0.25) is 0 Å². The van der Waals surface area contributed by atoms with Crippen molar-refractivity contribution in [3.05, 3.63) is 0 Å². The first-order valence-electron chi connectivity index (χ1n) is 6.45. The van der Waals surface area contributed by atoms with E-state index in [1.165, 1.54) is 0 Å². The Balaban J connectivity index is 0. The number of carboxylic acids is 1. The highest BCUT2D eigenvalue weighted by Gasteiger charge is 2.07. The molecule has 0 amide bonds. The second-order valence-corrected chi connectivity index (χ2v) is 4.81. The molecule has 6 heteroatoms. The molecule has 0 aromatic rings. The van der Waals surface area contributed by atoms with Crippen LogP contribution >= 0.6 is 0 Å². The third kappa shape index (κ3) is 17.3. The molecule has 19 heavy (non-hydrogen) atoms. The van der Waals surface area contributed by atoms with Crippen molar-refractivity contribution >= 4 is 5.97 Å². The highest BCUT2D eigenvalue weighted by molar-refractivity contribution is 5.68. The van der Waals surface area contributed by atoms with E-state index >= 15 is 0 Å². The minimum absolute atomic E-state index is 0.0170. The summed E-state index contributed by atoms with van der Waals surface area (Å²) in [5.41, 5.74) is 0. The molecule has 0 spiro atoms. The number of rotatable bonds is 8. The molecule has 3 atom stereocenters. The van der Waals surface area contributed by atoms with E-state index in [0.29, 0.717) is 13.2 Å². The minimum atomic E-state index is -0.741. The van der Waals surface area contributed by atoms with E-state index in [-0.39, 0.29) is 24.7 Å². The Kier molecular flexibility index (Phi) is 13.4. The molecule has 116 valence electrons. The first-order chi connectivity index (χ1) is 8.70. The van der Waals surface area contributed by atoms with Gasteiger partial charge < -0.3 is 24.8 Å². The van der Waals surface area contributed by atoms with Gasteiger partial charge in [-0.1, -0.05) is 13.8 Å². The van der Waals surface area contributed by atoms with Crippen LogP contribution < -0.4 is 0 Å². The Labute approximate surface area is 115 Å². The maximum Gasteiger partial charge on any atom is 0.305 e. The van der Waals surface area contributed by atoms with Gasteiger partial charge in [-0.3, -0.25) is 4.79 Å². The molecule has 0 bridgehead atoms. The topological polar surface area (TPSA) is 96.2 Å². The summed E-state index contributed by atoms with van der Waals surface area (Å²) in [5.74, 6) is -0.972. The van der Waals surface area contributed by atoms with Gasteiger partial charge in [-0.25, -0.2) is 0 Å². The van der Waals surface area contributed by atoms with Crippen LogP contribution in [-0.4, -0.2) is 59.4 Å². The Bertz CT molecular complexity index is 217. The van der Waals surface area contributed by atoms with Crippen LogP contribution in [0.5, 0.6) is 0 Å². The molecule has 0 heterocycles. The van der Waals surface area contributed by atoms with Gasteiger partial charge in [-0.15, -0.1) is 0 Å². The molecule has 0 aliphatic rings. The number of carbonyl (C=O) groups is 1. The molecule has 0 aromatic carbocycles. The lowest BCUT2D eigenvalue weighted by Gasteiger charge is -2.16. The molecule has 0 aliphatic heterocycles. The number of carboxylic acid groups (broad SMARTS) is 1. The lowest BCUT2D eigenvalue weighted by atomic mass is 10.2. The Morgan fingerprint density at radius 1 is 1.00 bits per heavy atom. The lowest BCUT2D eigenvalue weighted by Crippen LogP contribution is -2.24. The number of hydrogen-bond acceptors (Lipinski definition) is 5. The van der Waals surface area contributed by atoms with E-state index in [2.05, 4.69) is 0 Å². The normalized spacial score (nSPS) is 15.4. The highest BCUT2D eigenvalue weighted by Crippen LogP contribution is 1.97. The van der Waals surface area contributed by atoms with Gasteiger partial charge in [-0.05, 0) is 20.8 Å². The number of aliphatic carboxylic acids is 1. The Morgan fingerprint density at radius 3 is 1.74 bits per heavy atom. The standard InChI is InChI=1S/C9H20O4.C4H8O2/c1-7(11)5-12-9(3)6-13-8(2)4-10;1-3(2)4(5)6/h7-11H,4-6H2,1-3H3;3H,1-2H3,(H,5,6). The van der Waals surface area contributed by atoms with Crippen LogP contribution in [0.25, 0.3) is 0 Å². The lowest BCUT2D eigenvalue weighted by molar-refractivity contribution is -0.140. The van der Waals surface area contributed by atoms with Crippen LogP contribution in [0.4, 0.5) is 0 Å². The molecular weight excluding hydrogens is 252 g/mol. The molecule has 0 fully saturated rings. The summed E-state index contributed by atoms with van der Waals surface area (Å²) in [6.45, 7) is 9.39. The fourth-order valence-corrected chi connectivity index (χ4v) is 0.704. The minimum Gasteiger partial charge on any atom is -0.481 e. The zero-order valence-corrected chi connectivity index (χ0v) is 12.5. The summed E-state index contributed by atoms with van der Waals surface area (Å²) in [4.78, 5) is 9.70. The number of aliphatic hydroxyl groups excluding tert-OH is 2. The van der Waals surface area contributed by atoms with Gasteiger partial charge in [0.25, 0.3) is 0 Å². The highest BCUT2D eigenvalue weighted by atomic mass is 16.5. The van der Waals surface area contributed by atoms with Gasteiger partial charge in [0, 0.05) is 0 Å². The summed E-state index contributed by atoms with van der Waals surface area (Å²) >= 11 is 0. The van der Waals surface area contributed by atoms with Crippen molar-refractivity contribution in [2.45, 2.75) is 52.9 Å². The Morgan fingerprint density at radius 2 is 1.42 bits per heavy atom. The van der Waals surface area contributed by atoms with Gasteiger partial charge in [0.1, 0.15) is 0 Å². The van der Waals surface area contributed by atoms with Crippen molar-refractivity contribution in [2.24, 2.45) is 5.92 Å². The monoisotopic (exact) mass is 280 g/mol. The van der Waals surface area contributed by atoms with Crippen LogP contribution in [0.15, 0.2) is 0 Å².